The van der Waals surface area contributed by atoms with Crippen LogP contribution in [0.1, 0.15) is 0 Å². The van der Waals surface area contributed by atoms with Gasteiger partial charge in [0.05, 0.1) is 67.6 Å². The van der Waals surface area contributed by atoms with Crippen LogP contribution in [0.25, 0.3) is 179 Å². The van der Waals surface area contributed by atoms with Crippen molar-refractivity contribution >= 4 is 43.6 Å². The first-order chi connectivity index (χ1) is 48.6. The molecule has 5 aromatic heterocycles. The molecule has 0 aliphatic rings. The van der Waals surface area contributed by atoms with Crippen molar-refractivity contribution in [1.29, 1.82) is 0 Å². The topological polar surface area (TPSA) is 74.3 Å². The second-order valence-corrected chi connectivity index (χ2v) is 24.7. The van der Waals surface area contributed by atoms with Crippen molar-refractivity contribution < 1.29 is 0 Å². The maximum Gasteiger partial charge on any atom is 0.160 e. The molecule has 458 valence electrons. The van der Waals surface area contributed by atoms with Crippen molar-refractivity contribution in [3.8, 4) is 135 Å². The van der Waals surface area contributed by atoms with E-state index in [0.29, 0.717) is 11.6 Å². The monoisotopic (exact) mass is 1250 g/mol. The molecule has 0 radical (unpaired) electrons. The summed E-state index contributed by atoms with van der Waals surface area (Å²) in [5.74, 6) is 1.21. The highest BCUT2D eigenvalue weighted by atomic mass is 15.0. The van der Waals surface area contributed by atoms with E-state index >= 15 is 0 Å². The average molecular weight is 1250 g/mol. The summed E-state index contributed by atoms with van der Waals surface area (Å²) in [5, 5.41) is 4.40. The zero-order valence-corrected chi connectivity index (χ0v) is 53.2. The Morgan fingerprint density at radius 3 is 0.959 bits per heavy atom. The molecule has 7 heteroatoms. The smallest absolute Gasteiger partial charge is 0.160 e. The van der Waals surface area contributed by atoms with Crippen LogP contribution in [0, 0.1) is 0 Å². The summed E-state index contributed by atoms with van der Waals surface area (Å²) in [6, 6.07) is 127. The van der Waals surface area contributed by atoms with Gasteiger partial charge in [-0.25, -0.2) is 24.9 Å². The number of para-hydroxylation sites is 1. The predicted molar refractivity (Wildman–Crippen MR) is 404 cm³/mol. The summed E-state index contributed by atoms with van der Waals surface area (Å²) >= 11 is 0. The summed E-state index contributed by atoms with van der Waals surface area (Å²) in [6.07, 6.45) is 0. The fourth-order valence-corrected chi connectivity index (χ4v) is 14.1. The van der Waals surface area contributed by atoms with Gasteiger partial charge in [-0.15, -0.1) is 0 Å². The SMILES string of the molecule is c1ccc(-c2ccc3c(c2)c2ccccc2n3-c2ccc(-c3cc(-c4ccccc4)nc(-c4ccccc4)n3)c(-n3c4ccc(-c5ccccc5)cc4c4cc(-c5cc(-c6ccccc6)nc(-c6ccccc6)c5)ccc43)c2-c2cc(-c3ccccc3)nc(-c3ccccc3)n2)cc1. The van der Waals surface area contributed by atoms with E-state index < -0.39 is 0 Å². The normalized spacial score (nSPS) is 11.5. The Labute approximate surface area is 567 Å². The molecule has 0 saturated carbocycles. The lowest BCUT2D eigenvalue weighted by Crippen LogP contribution is -2.08. The fraction of sp³-hybridized carbons (Fsp3) is 0. The first-order valence-electron chi connectivity index (χ1n) is 33.1. The predicted octanol–water partition coefficient (Wildman–Crippen LogP) is 23.2. The third-order valence-electron chi connectivity index (χ3n) is 18.8. The number of hydrogen-bond donors (Lipinski definition) is 0. The molecule has 0 aliphatic heterocycles. The lowest BCUT2D eigenvalue weighted by Gasteiger charge is -2.24. The van der Waals surface area contributed by atoms with Crippen molar-refractivity contribution in [3.63, 3.8) is 0 Å². The number of benzene rings is 13. The van der Waals surface area contributed by atoms with E-state index in [9.17, 15) is 0 Å². The number of rotatable bonds is 13. The maximum absolute atomic E-state index is 5.88. The molecule has 13 aromatic carbocycles. The Morgan fingerprint density at radius 1 is 0.184 bits per heavy atom. The molecular formula is C91H59N7. The quantitative estimate of drug-likeness (QED) is 0.115. The van der Waals surface area contributed by atoms with Crippen molar-refractivity contribution in [2.24, 2.45) is 0 Å². The van der Waals surface area contributed by atoms with E-state index in [1.54, 1.807) is 0 Å². The molecule has 98 heavy (non-hydrogen) atoms. The molecule has 0 aliphatic carbocycles. The molecule has 18 aromatic rings. The Kier molecular flexibility index (Phi) is 14.4. The van der Waals surface area contributed by atoms with Crippen LogP contribution in [0.2, 0.25) is 0 Å². The second kappa shape index (κ2) is 24.6. The van der Waals surface area contributed by atoms with Crippen LogP contribution in [-0.2, 0) is 0 Å². The van der Waals surface area contributed by atoms with Gasteiger partial charge in [-0.3, -0.25) is 0 Å². The van der Waals surface area contributed by atoms with E-state index in [4.69, 9.17) is 24.9 Å². The van der Waals surface area contributed by atoms with E-state index in [0.717, 1.165) is 167 Å². The summed E-state index contributed by atoms with van der Waals surface area (Å²) in [5.41, 5.74) is 24.9. The highest BCUT2D eigenvalue weighted by Crippen LogP contribution is 2.49. The van der Waals surface area contributed by atoms with Gasteiger partial charge in [0.1, 0.15) is 0 Å². The Balaban J connectivity index is 1.01. The summed E-state index contributed by atoms with van der Waals surface area (Å²) in [4.78, 5) is 27.8. The van der Waals surface area contributed by atoms with Crippen LogP contribution in [0.3, 0.4) is 0 Å². The van der Waals surface area contributed by atoms with Gasteiger partial charge in [-0.05, 0) is 112 Å². The second-order valence-electron chi connectivity index (χ2n) is 24.7. The average Bonchev–Trinajstić information content (AvgIpc) is 1.50. The molecular weight excluding hydrogens is 1190 g/mol. The molecule has 5 heterocycles. The van der Waals surface area contributed by atoms with Crippen molar-refractivity contribution in [3.05, 3.63) is 358 Å². The van der Waals surface area contributed by atoms with E-state index in [1.165, 1.54) is 0 Å². The van der Waals surface area contributed by atoms with E-state index in [2.05, 4.69) is 355 Å². The van der Waals surface area contributed by atoms with Gasteiger partial charge in [-0.2, -0.15) is 0 Å². The zero-order chi connectivity index (χ0) is 64.9. The maximum atomic E-state index is 5.88. The highest BCUT2D eigenvalue weighted by Gasteiger charge is 2.29. The van der Waals surface area contributed by atoms with Crippen LogP contribution in [-0.4, -0.2) is 34.1 Å². The molecule has 0 unspecified atom stereocenters. The standard InChI is InChI=1S/C91H59N7/c1-9-27-60(28-10-1)68-45-49-84-74(53-68)72-43-25-26-44-83(72)97(84)87-52-48-73(81-58-79(64-35-17-5-18-36-64)93-90(95-81)66-39-21-7-22-40-66)89(88(87)82-59-80(65-37-19-6-20-38-65)94-91(96-82)67-41-23-8-24-42-67)98-85-50-46-69(61-29-11-2-12-30-61)54-75(85)76-55-70(47-51-86(76)98)71-56-77(62-31-13-3-14-32-62)92-78(57-71)63-33-15-4-16-34-63/h1-59H. The molecule has 7 nitrogen and oxygen atoms in total. The first kappa shape index (κ1) is 57.4. The number of pyridine rings is 1. The molecule has 18 rings (SSSR count). The third-order valence-corrected chi connectivity index (χ3v) is 18.8. The van der Waals surface area contributed by atoms with Crippen molar-refractivity contribution in [2.75, 3.05) is 0 Å². The van der Waals surface area contributed by atoms with Crippen LogP contribution >= 0.6 is 0 Å². The molecule has 0 fully saturated rings. The van der Waals surface area contributed by atoms with E-state index in [-0.39, 0.29) is 0 Å². The van der Waals surface area contributed by atoms with Crippen LogP contribution in [0.5, 0.6) is 0 Å². The van der Waals surface area contributed by atoms with Gasteiger partial charge in [0.15, 0.2) is 11.6 Å². The summed E-state index contributed by atoms with van der Waals surface area (Å²) in [6.45, 7) is 0. The van der Waals surface area contributed by atoms with Crippen LogP contribution < -0.4 is 0 Å². The Hall–Kier alpha value is -13.2. The molecule has 0 amide bonds. The lowest BCUT2D eigenvalue weighted by atomic mass is 9.96. The van der Waals surface area contributed by atoms with E-state index in [1.807, 2.05) is 12.1 Å². The zero-order valence-electron chi connectivity index (χ0n) is 53.2. The van der Waals surface area contributed by atoms with Gasteiger partial charge in [-0.1, -0.05) is 279 Å². The molecule has 0 atom stereocenters. The van der Waals surface area contributed by atoms with Gasteiger partial charge < -0.3 is 9.13 Å². The minimum absolute atomic E-state index is 0.597. The number of hydrogen-bond acceptors (Lipinski definition) is 5. The summed E-state index contributed by atoms with van der Waals surface area (Å²) in [7, 11) is 0. The number of nitrogens with zero attached hydrogens (tertiary/aromatic N) is 7. The van der Waals surface area contributed by atoms with Gasteiger partial charge in [0.2, 0.25) is 0 Å². The molecule has 0 saturated heterocycles. The number of aromatic nitrogens is 7. The minimum atomic E-state index is 0.597. The summed E-state index contributed by atoms with van der Waals surface area (Å²) < 4.78 is 4.95. The number of fused-ring (bicyclic) bond motifs is 6. The van der Waals surface area contributed by atoms with Gasteiger partial charge >= 0.3 is 0 Å². The Morgan fingerprint density at radius 2 is 0.510 bits per heavy atom. The molecule has 0 bridgehead atoms. The molecule has 0 spiro atoms. The van der Waals surface area contributed by atoms with Crippen LogP contribution in [0.4, 0.5) is 0 Å². The Bertz CT molecular complexity index is 5830. The third kappa shape index (κ3) is 10.5. The van der Waals surface area contributed by atoms with Gasteiger partial charge in [0.25, 0.3) is 0 Å². The van der Waals surface area contributed by atoms with Crippen LogP contribution in [0.15, 0.2) is 358 Å². The minimum Gasteiger partial charge on any atom is -0.308 e. The highest BCUT2D eigenvalue weighted by molar-refractivity contribution is 6.15. The largest absolute Gasteiger partial charge is 0.308 e. The fourth-order valence-electron chi connectivity index (χ4n) is 14.1. The lowest BCUT2D eigenvalue weighted by molar-refractivity contribution is 1.11. The van der Waals surface area contributed by atoms with Crippen molar-refractivity contribution in [1.82, 2.24) is 34.1 Å². The first-order valence-corrected chi connectivity index (χ1v) is 33.1. The van der Waals surface area contributed by atoms with Gasteiger partial charge in [0, 0.05) is 66.1 Å². The van der Waals surface area contributed by atoms with Crippen molar-refractivity contribution in [2.45, 2.75) is 0 Å². The molecule has 0 N–H and O–H groups in total.